The van der Waals surface area contributed by atoms with Gasteiger partial charge < -0.3 is 10.1 Å². The van der Waals surface area contributed by atoms with Gasteiger partial charge in [-0.1, -0.05) is 35.3 Å². The van der Waals surface area contributed by atoms with Crippen LogP contribution >= 0.6 is 23.2 Å². The largest absolute Gasteiger partial charge is 0.492 e. The monoisotopic (exact) mass is 323 g/mol. The maximum Gasteiger partial charge on any atom is 0.142 e. The van der Waals surface area contributed by atoms with Crippen molar-refractivity contribution >= 4 is 28.9 Å². The number of ether oxygens (including phenoxy) is 1. The summed E-state index contributed by atoms with van der Waals surface area (Å²) in [4.78, 5) is 0. The molecule has 2 nitrogen and oxygen atoms in total. The molecule has 0 spiro atoms. The van der Waals surface area contributed by atoms with Crippen LogP contribution in [0.25, 0.3) is 0 Å². The lowest BCUT2D eigenvalue weighted by molar-refractivity contribution is 0.341. The summed E-state index contributed by atoms with van der Waals surface area (Å²) in [7, 11) is 0. The van der Waals surface area contributed by atoms with Crippen LogP contribution in [0.15, 0.2) is 36.4 Å². The highest BCUT2D eigenvalue weighted by Gasteiger charge is 2.11. The Morgan fingerprint density at radius 1 is 1.10 bits per heavy atom. The Kier molecular flexibility index (Phi) is 5.38. The fourth-order valence-electron chi connectivity index (χ4n) is 2.12. The number of benzene rings is 2. The van der Waals surface area contributed by atoms with Gasteiger partial charge in [-0.3, -0.25) is 0 Å². The van der Waals surface area contributed by atoms with E-state index in [4.69, 9.17) is 27.9 Å². The van der Waals surface area contributed by atoms with E-state index in [2.05, 4.69) is 25.2 Å². The molecule has 0 bridgehead atoms. The van der Waals surface area contributed by atoms with E-state index in [0.717, 1.165) is 17.0 Å². The summed E-state index contributed by atoms with van der Waals surface area (Å²) in [5.74, 6) is 0.865. The molecular weight excluding hydrogens is 305 g/mol. The van der Waals surface area contributed by atoms with Gasteiger partial charge in [-0.2, -0.15) is 0 Å². The lowest BCUT2D eigenvalue weighted by Crippen LogP contribution is -2.08. The van der Waals surface area contributed by atoms with Gasteiger partial charge in [0.1, 0.15) is 5.75 Å². The molecule has 2 aromatic rings. The third-order valence-electron chi connectivity index (χ3n) is 3.25. The van der Waals surface area contributed by atoms with Gasteiger partial charge in [0.15, 0.2) is 0 Å². The molecule has 2 aromatic carbocycles. The smallest absolute Gasteiger partial charge is 0.142 e. The van der Waals surface area contributed by atoms with Gasteiger partial charge in [0.05, 0.1) is 22.3 Å². The Bertz CT molecular complexity index is 628. The highest BCUT2D eigenvalue weighted by atomic mass is 35.5. The van der Waals surface area contributed by atoms with Gasteiger partial charge in [-0.25, -0.2) is 0 Å². The zero-order chi connectivity index (χ0) is 15.4. The van der Waals surface area contributed by atoms with Crippen LogP contribution in [0.4, 0.5) is 5.69 Å². The van der Waals surface area contributed by atoms with E-state index >= 15 is 0 Å². The van der Waals surface area contributed by atoms with Crippen molar-refractivity contribution in [3.8, 4) is 5.75 Å². The molecule has 1 N–H and O–H groups in total. The van der Waals surface area contributed by atoms with Crippen LogP contribution < -0.4 is 10.1 Å². The summed E-state index contributed by atoms with van der Waals surface area (Å²) >= 11 is 12.0. The fraction of sp³-hybridized carbons (Fsp3) is 0.294. The first-order valence-corrected chi connectivity index (χ1v) is 7.71. The SMILES string of the molecule is CCOc1cc(C)ccc1NC(C)c1ccc(Cl)c(Cl)c1. The number of aryl methyl sites for hydroxylation is 1. The first kappa shape index (κ1) is 16.0. The van der Waals surface area contributed by atoms with Crippen LogP contribution in [0.3, 0.4) is 0 Å². The topological polar surface area (TPSA) is 21.3 Å². The molecule has 0 fully saturated rings. The minimum absolute atomic E-state index is 0.0988. The summed E-state index contributed by atoms with van der Waals surface area (Å²) in [5, 5.41) is 4.59. The third kappa shape index (κ3) is 4.05. The van der Waals surface area contributed by atoms with Gasteiger partial charge in [0, 0.05) is 6.04 Å². The van der Waals surface area contributed by atoms with Crippen LogP contribution in [0.5, 0.6) is 5.75 Å². The lowest BCUT2D eigenvalue weighted by atomic mass is 10.1. The Balaban J connectivity index is 2.22. The molecule has 1 atom stereocenters. The van der Waals surface area contributed by atoms with Crippen molar-refractivity contribution in [3.63, 3.8) is 0 Å². The van der Waals surface area contributed by atoms with Crippen LogP contribution in [0, 0.1) is 6.92 Å². The van der Waals surface area contributed by atoms with E-state index < -0.39 is 0 Å². The van der Waals surface area contributed by atoms with Crippen LogP contribution in [0.2, 0.25) is 10.0 Å². The summed E-state index contributed by atoms with van der Waals surface area (Å²) < 4.78 is 5.69. The molecule has 0 saturated carbocycles. The van der Waals surface area contributed by atoms with Crippen LogP contribution in [-0.4, -0.2) is 6.61 Å². The number of hydrogen-bond donors (Lipinski definition) is 1. The van der Waals surface area contributed by atoms with E-state index in [1.54, 1.807) is 0 Å². The normalized spacial score (nSPS) is 12.0. The molecule has 2 rings (SSSR count). The number of rotatable bonds is 5. The second kappa shape index (κ2) is 7.06. The van der Waals surface area contributed by atoms with Gasteiger partial charge >= 0.3 is 0 Å². The van der Waals surface area contributed by atoms with Crippen LogP contribution in [0.1, 0.15) is 31.0 Å². The van der Waals surface area contributed by atoms with E-state index in [1.165, 1.54) is 5.56 Å². The van der Waals surface area contributed by atoms with Gasteiger partial charge in [0.2, 0.25) is 0 Å². The highest BCUT2D eigenvalue weighted by Crippen LogP contribution is 2.31. The lowest BCUT2D eigenvalue weighted by Gasteiger charge is -2.19. The van der Waals surface area contributed by atoms with E-state index in [1.807, 2.05) is 37.3 Å². The molecule has 0 radical (unpaired) electrons. The number of nitrogens with one attached hydrogen (secondary N) is 1. The Labute approximate surface area is 136 Å². The van der Waals surface area contributed by atoms with Crippen molar-refractivity contribution in [1.29, 1.82) is 0 Å². The Morgan fingerprint density at radius 3 is 2.52 bits per heavy atom. The zero-order valence-electron chi connectivity index (χ0n) is 12.4. The zero-order valence-corrected chi connectivity index (χ0v) is 13.9. The predicted molar refractivity (Wildman–Crippen MR) is 90.8 cm³/mol. The van der Waals surface area contributed by atoms with E-state index in [-0.39, 0.29) is 6.04 Å². The summed E-state index contributed by atoms with van der Waals surface area (Å²) in [6.07, 6.45) is 0. The molecule has 0 saturated heterocycles. The second-order valence-electron chi connectivity index (χ2n) is 4.97. The highest BCUT2D eigenvalue weighted by molar-refractivity contribution is 6.42. The number of halogens is 2. The quantitative estimate of drug-likeness (QED) is 0.742. The molecule has 0 aliphatic carbocycles. The van der Waals surface area contributed by atoms with Crippen molar-refractivity contribution in [2.45, 2.75) is 26.8 Å². The predicted octanol–water partition coefficient (Wildman–Crippen LogP) is 5.87. The third-order valence-corrected chi connectivity index (χ3v) is 3.99. The van der Waals surface area contributed by atoms with E-state index in [0.29, 0.717) is 16.7 Å². The van der Waals surface area contributed by atoms with Crippen molar-refractivity contribution in [3.05, 3.63) is 57.6 Å². The van der Waals surface area contributed by atoms with E-state index in [9.17, 15) is 0 Å². The maximum absolute atomic E-state index is 6.08. The summed E-state index contributed by atoms with van der Waals surface area (Å²) in [6, 6.07) is 11.9. The summed E-state index contributed by atoms with van der Waals surface area (Å²) in [5.41, 5.74) is 3.22. The minimum atomic E-state index is 0.0988. The standard InChI is InChI=1S/C17H19Cl2NO/c1-4-21-17-9-11(2)5-8-16(17)20-12(3)13-6-7-14(18)15(19)10-13/h5-10,12,20H,4H2,1-3H3. The molecular formula is C17H19Cl2NO. The Hall–Kier alpha value is -1.38. The molecule has 0 amide bonds. The van der Waals surface area contributed by atoms with Gasteiger partial charge in [-0.05, 0) is 56.2 Å². The Morgan fingerprint density at radius 2 is 1.86 bits per heavy atom. The minimum Gasteiger partial charge on any atom is -0.492 e. The van der Waals surface area contributed by atoms with Crippen LogP contribution in [-0.2, 0) is 0 Å². The first-order valence-electron chi connectivity index (χ1n) is 6.96. The fourth-order valence-corrected chi connectivity index (χ4v) is 2.43. The molecule has 21 heavy (non-hydrogen) atoms. The van der Waals surface area contributed by atoms with Gasteiger partial charge in [-0.15, -0.1) is 0 Å². The van der Waals surface area contributed by atoms with Crippen molar-refractivity contribution in [2.24, 2.45) is 0 Å². The second-order valence-corrected chi connectivity index (χ2v) is 5.79. The van der Waals surface area contributed by atoms with Crippen molar-refractivity contribution in [1.82, 2.24) is 0 Å². The number of anilines is 1. The average Bonchev–Trinajstić information content (AvgIpc) is 2.45. The molecule has 1 unspecified atom stereocenters. The maximum atomic E-state index is 6.08. The molecule has 112 valence electrons. The van der Waals surface area contributed by atoms with Crippen molar-refractivity contribution in [2.75, 3.05) is 11.9 Å². The van der Waals surface area contributed by atoms with Crippen molar-refractivity contribution < 1.29 is 4.74 Å². The molecule has 4 heteroatoms. The molecule has 0 aliphatic rings. The first-order chi connectivity index (χ1) is 10.0. The molecule has 0 heterocycles. The summed E-state index contributed by atoms with van der Waals surface area (Å²) in [6.45, 7) is 6.75. The number of hydrogen-bond acceptors (Lipinski definition) is 2. The van der Waals surface area contributed by atoms with Gasteiger partial charge in [0.25, 0.3) is 0 Å². The molecule has 0 aliphatic heterocycles. The average molecular weight is 324 g/mol. The molecule has 0 aromatic heterocycles.